The van der Waals surface area contributed by atoms with E-state index in [1.807, 2.05) is 25.3 Å². The number of hydrogen-bond donors (Lipinski definition) is 0. The second-order valence-corrected chi connectivity index (χ2v) is 10.1. The number of nitrogens with zero attached hydrogens (tertiary/aromatic N) is 2. The molecule has 0 N–H and O–H groups in total. The van der Waals surface area contributed by atoms with Gasteiger partial charge in [0.15, 0.2) is 5.41 Å². The number of hydrogen-bond acceptors (Lipinski definition) is 4. The first kappa shape index (κ1) is 25.9. The summed E-state index contributed by atoms with van der Waals surface area (Å²) >= 11 is 0. The zero-order chi connectivity index (χ0) is 24.4. The summed E-state index contributed by atoms with van der Waals surface area (Å²) in [5.41, 5.74) is 2.13. The zero-order valence-corrected chi connectivity index (χ0v) is 21.2. The Labute approximate surface area is 205 Å². The molecule has 1 fully saturated rings. The Balaban J connectivity index is 1.50. The molecule has 1 aliphatic carbocycles. The molecule has 0 aliphatic heterocycles. The van der Waals surface area contributed by atoms with Crippen molar-refractivity contribution in [2.75, 3.05) is 0 Å². The molecule has 0 spiro atoms. The van der Waals surface area contributed by atoms with Crippen LogP contribution in [0.5, 0.6) is 5.75 Å². The third-order valence-electron chi connectivity index (χ3n) is 7.59. The molecule has 2 aromatic rings. The molecule has 1 atom stereocenters. The van der Waals surface area contributed by atoms with Crippen LogP contribution in [0.2, 0.25) is 0 Å². The summed E-state index contributed by atoms with van der Waals surface area (Å²) in [6.45, 7) is 5.69. The Morgan fingerprint density at radius 1 is 1.03 bits per heavy atom. The summed E-state index contributed by atoms with van der Waals surface area (Å²) in [6, 6.07) is 13.7. The Morgan fingerprint density at radius 2 is 1.74 bits per heavy atom. The molecule has 182 valence electrons. The Kier molecular flexibility index (Phi) is 9.69. The van der Waals surface area contributed by atoms with E-state index in [0.717, 1.165) is 17.2 Å². The zero-order valence-electron chi connectivity index (χ0n) is 21.2. The lowest BCUT2D eigenvalue weighted by atomic mass is 9.77. The van der Waals surface area contributed by atoms with Crippen LogP contribution in [0.25, 0.3) is 11.3 Å². The summed E-state index contributed by atoms with van der Waals surface area (Å²) in [4.78, 5) is 17.0. The van der Waals surface area contributed by atoms with Crippen molar-refractivity contribution in [2.45, 2.75) is 97.3 Å². The molecule has 1 unspecified atom stereocenters. The highest BCUT2D eigenvalue weighted by Gasteiger charge is 2.33. The number of carbonyl (C=O) groups excluding carboxylic acids is 1. The number of aromatic nitrogens is 1. The van der Waals surface area contributed by atoms with Gasteiger partial charge < -0.3 is 4.74 Å². The first-order valence-corrected chi connectivity index (χ1v) is 13.2. The van der Waals surface area contributed by atoms with Crippen LogP contribution in [0.4, 0.5) is 0 Å². The van der Waals surface area contributed by atoms with E-state index in [4.69, 9.17) is 9.72 Å². The molecule has 4 heteroatoms. The third kappa shape index (κ3) is 6.92. The van der Waals surface area contributed by atoms with Crippen LogP contribution in [0.3, 0.4) is 0 Å². The van der Waals surface area contributed by atoms with Gasteiger partial charge in [-0.2, -0.15) is 5.26 Å². The Bertz CT molecular complexity index is 937. The summed E-state index contributed by atoms with van der Waals surface area (Å²) < 4.78 is 5.42. The van der Waals surface area contributed by atoms with Crippen LogP contribution in [-0.2, 0) is 4.79 Å². The van der Waals surface area contributed by atoms with E-state index >= 15 is 0 Å². The second kappa shape index (κ2) is 12.7. The van der Waals surface area contributed by atoms with Crippen molar-refractivity contribution in [1.29, 1.82) is 5.26 Å². The maximum atomic E-state index is 12.3. The number of pyridine rings is 1. The van der Waals surface area contributed by atoms with Gasteiger partial charge in [-0.3, -0.25) is 4.98 Å². The predicted molar refractivity (Wildman–Crippen MR) is 137 cm³/mol. The molecule has 0 bridgehead atoms. The van der Waals surface area contributed by atoms with Crippen molar-refractivity contribution >= 4 is 5.97 Å². The van der Waals surface area contributed by atoms with Crippen molar-refractivity contribution < 1.29 is 9.53 Å². The van der Waals surface area contributed by atoms with Crippen molar-refractivity contribution in [1.82, 2.24) is 4.98 Å². The smallest absolute Gasteiger partial charge is 0.331 e. The van der Waals surface area contributed by atoms with Crippen LogP contribution in [0.15, 0.2) is 42.6 Å². The SMILES string of the molecule is CCCCCCCC1CCC(c2ccc(-c3ccc(OC(=O)C(C)(C#N)CC)cc3)nc2)CC1. The predicted octanol–water partition coefficient (Wildman–Crippen LogP) is 8.23. The Morgan fingerprint density at radius 3 is 2.32 bits per heavy atom. The fourth-order valence-corrected chi connectivity index (χ4v) is 4.82. The van der Waals surface area contributed by atoms with E-state index in [1.54, 1.807) is 19.1 Å². The lowest BCUT2D eigenvalue weighted by Gasteiger charge is -2.28. The average Bonchev–Trinajstić information content (AvgIpc) is 2.89. The van der Waals surface area contributed by atoms with E-state index in [-0.39, 0.29) is 0 Å². The third-order valence-corrected chi connectivity index (χ3v) is 7.59. The fraction of sp³-hybridized carbons (Fsp3) is 0.567. The number of nitriles is 1. The van der Waals surface area contributed by atoms with Crippen LogP contribution in [0.1, 0.15) is 103 Å². The maximum Gasteiger partial charge on any atom is 0.331 e. The summed E-state index contributed by atoms with van der Waals surface area (Å²) in [6.07, 6.45) is 16.0. The highest BCUT2D eigenvalue weighted by Crippen LogP contribution is 2.38. The average molecular weight is 461 g/mol. The molecule has 1 aromatic heterocycles. The number of benzene rings is 1. The molecule has 34 heavy (non-hydrogen) atoms. The fourth-order valence-electron chi connectivity index (χ4n) is 4.82. The number of ether oxygens (including phenoxy) is 1. The number of rotatable bonds is 11. The van der Waals surface area contributed by atoms with Crippen LogP contribution < -0.4 is 4.74 Å². The van der Waals surface area contributed by atoms with E-state index in [2.05, 4.69) is 25.1 Å². The van der Waals surface area contributed by atoms with Gasteiger partial charge in [0.25, 0.3) is 0 Å². The monoisotopic (exact) mass is 460 g/mol. The molecule has 0 radical (unpaired) electrons. The van der Waals surface area contributed by atoms with E-state index in [0.29, 0.717) is 18.1 Å². The van der Waals surface area contributed by atoms with E-state index in [1.165, 1.54) is 69.8 Å². The second-order valence-electron chi connectivity index (χ2n) is 10.1. The van der Waals surface area contributed by atoms with Crippen LogP contribution >= 0.6 is 0 Å². The summed E-state index contributed by atoms with van der Waals surface area (Å²) in [7, 11) is 0. The van der Waals surface area contributed by atoms with Gasteiger partial charge >= 0.3 is 5.97 Å². The largest absolute Gasteiger partial charge is 0.425 e. The molecule has 1 aromatic carbocycles. The number of unbranched alkanes of at least 4 members (excludes halogenated alkanes) is 4. The topological polar surface area (TPSA) is 63.0 Å². The van der Waals surface area contributed by atoms with Crippen molar-refractivity contribution in [3.8, 4) is 23.1 Å². The minimum absolute atomic E-state index is 0.414. The molecule has 4 nitrogen and oxygen atoms in total. The van der Waals surface area contributed by atoms with Crippen molar-refractivity contribution in [3.05, 3.63) is 48.2 Å². The highest BCUT2D eigenvalue weighted by molar-refractivity contribution is 5.81. The van der Waals surface area contributed by atoms with E-state index in [9.17, 15) is 10.1 Å². The minimum Gasteiger partial charge on any atom is -0.425 e. The molecule has 1 aliphatic rings. The molecule has 0 amide bonds. The number of carbonyl (C=O) groups is 1. The van der Waals surface area contributed by atoms with Gasteiger partial charge in [-0.05, 0) is 86.8 Å². The molecule has 0 saturated heterocycles. The lowest BCUT2D eigenvalue weighted by Crippen LogP contribution is -2.29. The Hall–Kier alpha value is -2.67. The van der Waals surface area contributed by atoms with Crippen molar-refractivity contribution in [3.63, 3.8) is 0 Å². The van der Waals surface area contributed by atoms with Gasteiger partial charge in [-0.15, -0.1) is 0 Å². The number of esters is 1. The van der Waals surface area contributed by atoms with Crippen LogP contribution in [0, 0.1) is 22.7 Å². The molecule has 1 saturated carbocycles. The first-order valence-electron chi connectivity index (χ1n) is 13.2. The lowest BCUT2D eigenvalue weighted by molar-refractivity contribution is -0.141. The summed E-state index contributed by atoms with van der Waals surface area (Å²) in [5.74, 6) is 1.48. The summed E-state index contributed by atoms with van der Waals surface area (Å²) in [5, 5.41) is 9.26. The molecular weight excluding hydrogens is 420 g/mol. The van der Waals surface area contributed by atoms with Gasteiger partial charge in [0.05, 0.1) is 11.8 Å². The first-order chi connectivity index (χ1) is 16.5. The molecule has 3 rings (SSSR count). The van der Waals surface area contributed by atoms with Gasteiger partial charge in [0.2, 0.25) is 0 Å². The molecule has 1 heterocycles. The quantitative estimate of drug-likeness (QED) is 0.192. The standard InChI is InChI=1S/C30H40N2O2/c1-4-6-7-8-9-10-23-11-13-24(14-12-23)26-17-20-28(32-21-26)25-15-18-27(19-16-25)34-29(33)30(3,5-2)22-31/h15-21,23-24H,4-14H2,1-3H3. The van der Waals surface area contributed by atoms with Gasteiger partial charge in [0, 0.05) is 11.8 Å². The van der Waals surface area contributed by atoms with E-state index < -0.39 is 11.4 Å². The van der Waals surface area contributed by atoms with Gasteiger partial charge in [-0.1, -0.05) is 58.4 Å². The van der Waals surface area contributed by atoms with Crippen LogP contribution in [-0.4, -0.2) is 11.0 Å². The van der Waals surface area contributed by atoms with Gasteiger partial charge in [0.1, 0.15) is 5.75 Å². The highest BCUT2D eigenvalue weighted by atomic mass is 16.5. The van der Waals surface area contributed by atoms with Gasteiger partial charge in [-0.25, -0.2) is 4.79 Å². The maximum absolute atomic E-state index is 12.3. The minimum atomic E-state index is -1.12. The normalized spacial score (nSPS) is 19.7. The van der Waals surface area contributed by atoms with Crippen molar-refractivity contribution in [2.24, 2.45) is 11.3 Å². The molecular formula is C30H40N2O2.